The highest BCUT2D eigenvalue weighted by atomic mass is 35.5. The molecule has 0 aromatic heterocycles. The topological polar surface area (TPSA) is 86.8 Å². The molecule has 1 N–H and O–H groups in total. The molecule has 0 saturated heterocycles. The predicted octanol–water partition coefficient (Wildman–Crippen LogP) is 5.97. The Morgan fingerprint density at radius 1 is 0.950 bits per heavy atom. The molecule has 3 aromatic rings. The van der Waals surface area contributed by atoms with Crippen molar-refractivity contribution in [3.63, 3.8) is 0 Å². The number of nitrogens with zero attached hydrogens (tertiary/aromatic N) is 2. The normalized spacial score (nSPS) is 12.2. The molecule has 0 spiro atoms. The number of carbonyl (C=O) groups is 2. The molecule has 11 heteroatoms. The largest absolute Gasteiger partial charge is 0.352 e. The molecule has 0 radical (unpaired) electrons. The first kappa shape index (κ1) is 31.4. The molecule has 7 nitrogen and oxygen atoms in total. The monoisotopic (exact) mass is 607 g/mol. The van der Waals surface area contributed by atoms with Gasteiger partial charge >= 0.3 is 0 Å². The smallest absolute Gasteiger partial charge is 0.264 e. The molecule has 0 fully saturated rings. The molecular weight excluding hydrogens is 576 g/mol. The molecule has 0 aliphatic heterocycles. The van der Waals surface area contributed by atoms with Crippen molar-refractivity contribution in [3.05, 3.63) is 93.7 Å². The van der Waals surface area contributed by atoms with E-state index in [9.17, 15) is 22.4 Å². The van der Waals surface area contributed by atoms with Crippen LogP contribution < -0.4 is 9.62 Å². The first-order valence-electron chi connectivity index (χ1n) is 12.7. The van der Waals surface area contributed by atoms with Gasteiger partial charge in [-0.05, 0) is 75.2 Å². The standard InChI is InChI=1S/C29H32Cl2FN3O4S/c1-5-27(29(37)33-19(2)3)34(17-21-8-10-22(32)11-9-21)28(36)18-35(23-12-15-25(30)26(31)16-23)40(38,39)24-13-6-20(4)7-14-24/h6-16,19,27H,5,17-18H2,1-4H3,(H,33,37)/t27-/m1/s1. The first-order chi connectivity index (χ1) is 18.8. The lowest BCUT2D eigenvalue weighted by atomic mass is 10.1. The van der Waals surface area contributed by atoms with Gasteiger partial charge in [0.05, 0.1) is 20.6 Å². The zero-order chi connectivity index (χ0) is 29.6. The third kappa shape index (κ3) is 7.74. The summed E-state index contributed by atoms with van der Waals surface area (Å²) >= 11 is 12.3. The number of sulfonamides is 1. The Morgan fingerprint density at radius 2 is 1.57 bits per heavy atom. The maximum Gasteiger partial charge on any atom is 0.264 e. The molecule has 0 aliphatic carbocycles. The number of amides is 2. The number of anilines is 1. The zero-order valence-corrected chi connectivity index (χ0v) is 25.0. The van der Waals surface area contributed by atoms with Gasteiger partial charge in [-0.3, -0.25) is 13.9 Å². The number of hydrogen-bond donors (Lipinski definition) is 1. The summed E-state index contributed by atoms with van der Waals surface area (Å²) in [6.07, 6.45) is 0.267. The van der Waals surface area contributed by atoms with Crippen molar-refractivity contribution >= 4 is 50.7 Å². The van der Waals surface area contributed by atoms with Crippen LogP contribution in [-0.4, -0.2) is 43.8 Å². The maximum atomic E-state index is 14.0. The average molecular weight is 609 g/mol. The number of hydrogen-bond acceptors (Lipinski definition) is 4. The van der Waals surface area contributed by atoms with Gasteiger partial charge in [-0.2, -0.15) is 0 Å². The van der Waals surface area contributed by atoms with E-state index in [2.05, 4.69) is 5.32 Å². The second-order valence-electron chi connectivity index (χ2n) is 9.66. The van der Waals surface area contributed by atoms with Crippen LogP contribution in [0.1, 0.15) is 38.3 Å². The van der Waals surface area contributed by atoms with E-state index in [1.165, 1.54) is 59.5 Å². The molecular formula is C29H32Cl2FN3O4S. The Morgan fingerprint density at radius 3 is 2.12 bits per heavy atom. The molecule has 2 amide bonds. The summed E-state index contributed by atoms with van der Waals surface area (Å²) in [6.45, 7) is 6.53. The minimum absolute atomic E-state index is 0.0216. The van der Waals surface area contributed by atoms with E-state index in [4.69, 9.17) is 23.2 Å². The summed E-state index contributed by atoms with van der Waals surface area (Å²) < 4.78 is 42.3. The van der Waals surface area contributed by atoms with Gasteiger partial charge in [-0.15, -0.1) is 0 Å². The zero-order valence-electron chi connectivity index (χ0n) is 22.7. The van der Waals surface area contributed by atoms with Gasteiger partial charge in [-0.1, -0.05) is 60.0 Å². The Hall–Kier alpha value is -3.14. The van der Waals surface area contributed by atoms with Crippen LogP contribution in [0.3, 0.4) is 0 Å². The summed E-state index contributed by atoms with van der Waals surface area (Å²) in [5, 5.41) is 3.16. The second-order valence-corrected chi connectivity index (χ2v) is 12.3. The predicted molar refractivity (Wildman–Crippen MR) is 156 cm³/mol. The fourth-order valence-corrected chi connectivity index (χ4v) is 5.79. The average Bonchev–Trinajstić information content (AvgIpc) is 2.89. The number of halogens is 3. The number of benzene rings is 3. The lowest BCUT2D eigenvalue weighted by Crippen LogP contribution is -2.53. The minimum Gasteiger partial charge on any atom is -0.352 e. The number of nitrogens with one attached hydrogen (secondary N) is 1. The van der Waals surface area contributed by atoms with Crippen LogP contribution in [0.2, 0.25) is 10.0 Å². The van der Waals surface area contributed by atoms with Crippen LogP contribution in [-0.2, 0) is 26.2 Å². The molecule has 0 unspecified atom stereocenters. The van der Waals surface area contributed by atoms with E-state index in [0.29, 0.717) is 5.56 Å². The maximum absolute atomic E-state index is 14.0. The third-order valence-electron chi connectivity index (χ3n) is 6.16. The van der Waals surface area contributed by atoms with Crippen LogP contribution in [0.4, 0.5) is 10.1 Å². The summed E-state index contributed by atoms with van der Waals surface area (Å²) in [4.78, 5) is 28.4. The van der Waals surface area contributed by atoms with Gasteiger partial charge < -0.3 is 10.2 Å². The second kappa shape index (κ2) is 13.5. The highest BCUT2D eigenvalue weighted by Crippen LogP contribution is 2.31. The van der Waals surface area contributed by atoms with E-state index in [0.717, 1.165) is 9.87 Å². The molecule has 0 bridgehead atoms. The minimum atomic E-state index is -4.25. The lowest BCUT2D eigenvalue weighted by molar-refractivity contribution is -0.140. The van der Waals surface area contributed by atoms with Crippen LogP contribution in [0.5, 0.6) is 0 Å². The summed E-state index contributed by atoms with van der Waals surface area (Å²) in [5.41, 5.74) is 1.57. The Kier molecular flexibility index (Phi) is 10.6. The fraction of sp³-hybridized carbons (Fsp3) is 0.310. The van der Waals surface area contributed by atoms with Gasteiger partial charge in [0.2, 0.25) is 11.8 Å². The molecule has 0 saturated carbocycles. The van der Waals surface area contributed by atoms with Crippen LogP contribution in [0, 0.1) is 12.7 Å². The van der Waals surface area contributed by atoms with Crippen molar-refractivity contribution < 1.29 is 22.4 Å². The quantitative estimate of drug-likeness (QED) is 0.291. The van der Waals surface area contributed by atoms with Crippen molar-refractivity contribution in [2.24, 2.45) is 0 Å². The number of carbonyl (C=O) groups excluding carboxylic acids is 2. The highest BCUT2D eigenvalue weighted by Gasteiger charge is 2.34. The van der Waals surface area contributed by atoms with E-state index in [1.54, 1.807) is 32.9 Å². The first-order valence-corrected chi connectivity index (χ1v) is 14.9. The molecule has 40 heavy (non-hydrogen) atoms. The molecule has 0 aliphatic rings. The van der Waals surface area contributed by atoms with E-state index in [1.807, 2.05) is 6.92 Å². The lowest BCUT2D eigenvalue weighted by Gasteiger charge is -2.33. The van der Waals surface area contributed by atoms with Crippen molar-refractivity contribution in [1.82, 2.24) is 10.2 Å². The number of aryl methyl sites for hydroxylation is 1. The number of rotatable bonds is 11. The molecule has 0 heterocycles. The molecule has 1 atom stereocenters. The third-order valence-corrected chi connectivity index (χ3v) is 8.69. The van der Waals surface area contributed by atoms with Crippen LogP contribution in [0.25, 0.3) is 0 Å². The van der Waals surface area contributed by atoms with Gasteiger partial charge in [0.1, 0.15) is 18.4 Å². The Bertz CT molecular complexity index is 1450. The van der Waals surface area contributed by atoms with Crippen LogP contribution in [0.15, 0.2) is 71.6 Å². The highest BCUT2D eigenvalue weighted by molar-refractivity contribution is 7.92. The molecule has 3 aromatic carbocycles. The van der Waals surface area contributed by atoms with Crippen molar-refractivity contribution in [1.29, 1.82) is 0 Å². The molecule has 3 rings (SSSR count). The van der Waals surface area contributed by atoms with Gasteiger partial charge in [-0.25, -0.2) is 12.8 Å². The van der Waals surface area contributed by atoms with Gasteiger partial charge in [0.15, 0.2) is 0 Å². The van der Waals surface area contributed by atoms with Crippen molar-refractivity contribution in [2.45, 2.75) is 57.6 Å². The van der Waals surface area contributed by atoms with E-state index in [-0.39, 0.29) is 45.5 Å². The Balaban J connectivity index is 2.08. The van der Waals surface area contributed by atoms with Crippen LogP contribution >= 0.6 is 23.2 Å². The van der Waals surface area contributed by atoms with E-state index < -0.39 is 34.3 Å². The SMILES string of the molecule is CC[C@H](C(=O)NC(C)C)N(Cc1ccc(F)cc1)C(=O)CN(c1ccc(Cl)c(Cl)c1)S(=O)(=O)c1ccc(C)cc1. The van der Waals surface area contributed by atoms with Gasteiger partial charge in [0.25, 0.3) is 10.0 Å². The summed E-state index contributed by atoms with van der Waals surface area (Å²) in [5.74, 6) is -1.45. The summed E-state index contributed by atoms with van der Waals surface area (Å²) in [6, 6.07) is 15.0. The fourth-order valence-electron chi connectivity index (χ4n) is 4.09. The van der Waals surface area contributed by atoms with E-state index >= 15 is 0 Å². The summed E-state index contributed by atoms with van der Waals surface area (Å²) in [7, 11) is -4.25. The van der Waals surface area contributed by atoms with Crippen molar-refractivity contribution in [3.8, 4) is 0 Å². The van der Waals surface area contributed by atoms with Gasteiger partial charge in [0, 0.05) is 12.6 Å². The molecule has 214 valence electrons. The van der Waals surface area contributed by atoms with Crippen molar-refractivity contribution in [2.75, 3.05) is 10.8 Å². The Labute approximate surface area is 244 Å².